The Morgan fingerprint density at radius 3 is 2.71 bits per heavy atom. The molecule has 5 nitrogen and oxygen atoms in total. The first kappa shape index (κ1) is 14.5. The molecule has 1 fully saturated rings. The van der Waals surface area contributed by atoms with E-state index in [9.17, 15) is 8.42 Å². The van der Waals surface area contributed by atoms with Gasteiger partial charge in [0.2, 0.25) is 0 Å². The van der Waals surface area contributed by atoms with Crippen LogP contribution >= 0.6 is 11.3 Å². The summed E-state index contributed by atoms with van der Waals surface area (Å²) >= 11 is 1.13. The maximum absolute atomic E-state index is 12.0. The molecule has 1 aliphatic carbocycles. The minimum Gasteiger partial charge on any atom is -0.493 e. The van der Waals surface area contributed by atoms with E-state index in [0.29, 0.717) is 12.5 Å². The molecule has 1 aromatic heterocycles. The standard InChI is InChI=1S/C14H16N2O3S2/c17-21(18,14-8-15-10-20-14)16-12-6-11(7-12)9-19-13-4-2-1-3-5-13/h1-5,8,10-12,16H,6-7,9H2. The molecule has 1 N–H and O–H groups in total. The zero-order chi connectivity index (χ0) is 14.7. The number of hydrogen-bond acceptors (Lipinski definition) is 5. The number of nitrogens with one attached hydrogen (secondary N) is 1. The number of para-hydroxylation sites is 1. The van der Waals surface area contributed by atoms with Crippen molar-refractivity contribution in [2.24, 2.45) is 5.92 Å². The summed E-state index contributed by atoms with van der Waals surface area (Å²) in [5, 5.41) is 0. The topological polar surface area (TPSA) is 68.3 Å². The lowest BCUT2D eigenvalue weighted by Crippen LogP contribution is -2.45. The second kappa shape index (κ2) is 6.13. The van der Waals surface area contributed by atoms with E-state index >= 15 is 0 Å². The van der Waals surface area contributed by atoms with E-state index in [1.807, 2.05) is 30.3 Å². The zero-order valence-electron chi connectivity index (χ0n) is 11.3. The van der Waals surface area contributed by atoms with Crippen molar-refractivity contribution in [1.29, 1.82) is 0 Å². The van der Waals surface area contributed by atoms with E-state index in [1.54, 1.807) is 0 Å². The maximum Gasteiger partial charge on any atom is 0.251 e. The van der Waals surface area contributed by atoms with Crippen LogP contribution in [0.5, 0.6) is 5.75 Å². The van der Waals surface area contributed by atoms with Gasteiger partial charge in [-0.3, -0.25) is 4.98 Å². The van der Waals surface area contributed by atoms with Gasteiger partial charge in [0, 0.05) is 6.04 Å². The fourth-order valence-electron chi connectivity index (χ4n) is 2.31. The third kappa shape index (κ3) is 3.61. The average molecular weight is 324 g/mol. The number of thiazole rings is 1. The highest BCUT2D eigenvalue weighted by Gasteiger charge is 2.33. The molecule has 7 heteroatoms. The Kier molecular flexibility index (Phi) is 4.23. The molecule has 0 saturated heterocycles. The number of aromatic nitrogens is 1. The number of nitrogens with zero attached hydrogens (tertiary/aromatic N) is 1. The third-order valence-electron chi connectivity index (χ3n) is 3.46. The molecule has 0 radical (unpaired) electrons. The predicted molar refractivity (Wildman–Crippen MR) is 80.9 cm³/mol. The predicted octanol–water partition coefficient (Wildman–Crippen LogP) is 2.28. The highest BCUT2D eigenvalue weighted by atomic mass is 32.2. The van der Waals surface area contributed by atoms with Crippen molar-refractivity contribution in [2.75, 3.05) is 6.61 Å². The van der Waals surface area contributed by atoms with Crippen molar-refractivity contribution in [1.82, 2.24) is 9.71 Å². The molecule has 1 heterocycles. The van der Waals surface area contributed by atoms with E-state index in [-0.39, 0.29) is 10.3 Å². The molecule has 0 aliphatic heterocycles. The van der Waals surface area contributed by atoms with Crippen LogP contribution in [0.4, 0.5) is 0 Å². The van der Waals surface area contributed by atoms with Crippen molar-refractivity contribution in [3.63, 3.8) is 0 Å². The SMILES string of the molecule is O=S(=O)(NC1CC(COc2ccccc2)C1)c1cncs1. The van der Waals surface area contributed by atoms with Crippen LogP contribution in [0.1, 0.15) is 12.8 Å². The van der Waals surface area contributed by atoms with Crippen LogP contribution in [0, 0.1) is 5.92 Å². The van der Waals surface area contributed by atoms with Crippen LogP contribution in [-0.4, -0.2) is 26.1 Å². The molecule has 21 heavy (non-hydrogen) atoms. The third-order valence-corrected chi connectivity index (χ3v) is 6.25. The molecular formula is C14H16N2O3S2. The summed E-state index contributed by atoms with van der Waals surface area (Å²) < 4.78 is 32.7. The second-order valence-corrected chi connectivity index (χ2v) is 7.93. The highest BCUT2D eigenvalue weighted by Crippen LogP contribution is 2.29. The van der Waals surface area contributed by atoms with E-state index in [1.165, 1.54) is 11.7 Å². The molecule has 1 saturated carbocycles. The minimum absolute atomic E-state index is 0.00136. The van der Waals surface area contributed by atoms with Gasteiger partial charge in [-0.15, -0.1) is 11.3 Å². The summed E-state index contributed by atoms with van der Waals surface area (Å²) in [6.45, 7) is 0.628. The molecule has 0 atom stereocenters. The Balaban J connectivity index is 1.44. The van der Waals surface area contributed by atoms with Crippen molar-refractivity contribution in [3.05, 3.63) is 42.0 Å². The van der Waals surface area contributed by atoms with Gasteiger partial charge >= 0.3 is 0 Å². The van der Waals surface area contributed by atoms with E-state index in [0.717, 1.165) is 29.9 Å². The fraction of sp³-hybridized carbons (Fsp3) is 0.357. The largest absolute Gasteiger partial charge is 0.493 e. The zero-order valence-corrected chi connectivity index (χ0v) is 12.9. The number of sulfonamides is 1. The van der Waals surface area contributed by atoms with Crippen LogP contribution in [-0.2, 0) is 10.0 Å². The van der Waals surface area contributed by atoms with Crippen molar-refractivity contribution >= 4 is 21.4 Å². The Hall–Kier alpha value is -1.44. The summed E-state index contributed by atoms with van der Waals surface area (Å²) in [5.74, 6) is 1.26. The van der Waals surface area contributed by atoms with E-state index in [4.69, 9.17) is 4.74 Å². The van der Waals surface area contributed by atoms with Gasteiger partial charge < -0.3 is 4.74 Å². The van der Waals surface area contributed by atoms with Gasteiger partial charge in [0.1, 0.15) is 5.75 Å². The van der Waals surface area contributed by atoms with Crippen molar-refractivity contribution in [3.8, 4) is 5.75 Å². The fourth-order valence-corrected chi connectivity index (χ4v) is 4.39. The first-order valence-corrected chi connectivity index (χ1v) is 9.08. The maximum atomic E-state index is 12.0. The minimum atomic E-state index is -3.40. The number of rotatable bonds is 6. The normalized spacial score (nSPS) is 21.7. The first-order chi connectivity index (χ1) is 10.1. The van der Waals surface area contributed by atoms with Gasteiger partial charge in [-0.1, -0.05) is 18.2 Å². The molecule has 2 aromatic rings. The van der Waals surface area contributed by atoms with Crippen LogP contribution in [0.3, 0.4) is 0 Å². The Bertz CT molecular complexity index is 666. The van der Waals surface area contributed by atoms with Gasteiger partial charge in [-0.25, -0.2) is 13.1 Å². The van der Waals surface area contributed by atoms with Gasteiger partial charge in [0.25, 0.3) is 10.0 Å². The number of hydrogen-bond donors (Lipinski definition) is 1. The number of ether oxygens (including phenoxy) is 1. The van der Waals surface area contributed by atoms with Crippen LogP contribution in [0.15, 0.2) is 46.2 Å². The quantitative estimate of drug-likeness (QED) is 0.885. The molecule has 1 aliphatic rings. The molecule has 112 valence electrons. The Morgan fingerprint density at radius 1 is 1.29 bits per heavy atom. The highest BCUT2D eigenvalue weighted by molar-refractivity contribution is 7.91. The van der Waals surface area contributed by atoms with Gasteiger partial charge in [0.05, 0.1) is 18.3 Å². The lowest BCUT2D eigenvalue weighted by molar-refractivity contribution is 0.152. The molecule has 3 rings (SSSR count). The molecule has 0 unspecified atom stereocenters. The van der Waals surface area contributed by atoms with Crippen LogP contribution < -0.4 is 9.46 Å². The average Bonchev–Trinajstić information content (AvgIpc) is 2.97. The summed E-state index contributed by atoms with van der Waals surface area (Å²) in [7, 11) is -3.40. The van der Waals surface area contributed by atoms with Gasteiger partial charge in [-0.05, 0) is 30.9 Å². The monoisotopic (exact) mass is 324 g/mol. The summed E-state index contributed by atoms with van der Waals surface area (Å²) in [6.07, 6.45) is 3.00. The van der Waals surface area contributed by atoms with Gasteiger partial charge in [-0.2, -0.15) is 0 Å². The van der Waals surface area contributed by atoms with Crippen molar-refractivity contribution < 1.29 is 13.2 Å². The Morgan fingerprint density at radius 2 is 2.05 bits per heavy atom. The lowest BCUT2D eigenvalue weighted by Gasteiger charge is -2.35. The molecule has 1 aromatic carbocycles. The molecule has 0 spiro atoms. The van der Waals surface area contributed by atoms with Crippen LogP contribution in [0.25, 0.3) is 0 Å². The molecule has 0 bridgehead atoms. The summed E-state index contributed by atoms with van der Waals surface area (Å²) in [6, 6.07) is 9.65. The second-order valence-electron chi connectivity index (χ2n) is 5.10. The van der Waals surface area contributed by atoms with Crippen LogP contribution in [0.2, 0.25) is 0 Å². The molecule has 0 amide bonds. The lowest BCUT2D eigenvalue weighted by atomic mass is 9.81. The van der Waals surface area contributed by atoms with E-state index < -0.39 is 10.0 Å². The summed E-state index contributed by atoms with van der Waals surface area (Å²) in [4.78, 5) is 3.80. The van der Waals surface area contributed by atoms with Gasteiger partial charge in [0.15, 0.2) is 4.21 Å². The first-order valence-electron chi connectivity index (χ1n) is 6.72. The summed E-state index contributed by atoms with van der Waals surface area (Å²) in [5.41, 5.74) is 1.52. The van der Waals surface area contributed by atoms with Crippen molar-refractivity contribution in [2.45, 2.75) is 23.1 Å². The van der Waals surface area contributed by atoms with E-state index in [2.05, 4.69) is 9.71 Å². The molecular weight excluding hydrogens is 308 g/mol. The smallest absolute Gasteiger partial charge is 0.251 e. The number of benzene rings is 1. The Labute approximate surface area is 128 Å².